The maximum absolute atomic E-state index is 13.0. The van der Waals surface area contributed by atoms with E-state index in [1.54, 1.807) is 12.1 Å². The number of nitriles is 1. The number of halogens is 1. The van der Waals surface area contributed by atoms with Gasteiger partial charge in [0.15, 0.2) is 0 Å². The molecule has 0 radical (unpaired) electrons. The summed E-state index contributed by atoms with van der Waals surface area (Å²) < 4.78 is 13.0. The Hall–Kier alpha value is -1.56. The lowest BCUT2D eigenvalue weighted by Gasteiger charge is -2.08. The summed E-state index contributed by atoms with van der Waals surface area (Å²) in [7, 11) is 0. The average Bonchev–Trinajstić information content (AvgIpc) is 2.26. The summed E-state index contributed by atoms with van der Waals surface area (Å²) in [6, 6.07) is 6.36. The molecule has 0 aliphatic carbocycles. The van der Waals surface area contributed by atoms with Crippen molar-refractivity contribution in [3.05, 3.63) is 29.6 Å². The van der Waals surface area contributed by atoms with Gasteiger partial charge in [-0.2, -0.15) is 5.26 Å². The molecule has 3 heteroatoms. The smallest absolute Gasteiger partial charge is 0.141 e. The monoisotopic (exact) mass is 220 g/mol. The van der Waals surface area contributed by atoms with Crippen LogP contribution in [0, 0.1) is 23.1 Å². The van der Waals surface area contributed by atoms with E-state index in [4.69, 9.17) is 5.26 Å². The van der Waals surface area contributed by atoms with Crippen molar-refractivity contribution in [1.29, 1.82) is 5.26 Å². The number of nitrogens with one attached hydrogen (secondary N) is 1. The second-order valence-corrected chi connectivity index (χ2v) is 4.27. The molecule has 0 aliphatic heterocycles. The van der Waals surface area contributed by atoms with Gasteiger partial charge in [-0.05, 0) is 37.0 Å². The summed E-state index contributed by atoms with van der Waals surface area (Å²) in [5.74, 6) is 0.236. The van der Waals surface area contributed by atoms with E-state index in [1.807, 2.05) is 6.07 Å². The van der Waals surface area contributed by atoms with E-state index in [1.165, 1.54) is 12.5 Å². The molecule has 2 nitrogen and oxygen atoms in total. The van der Waals surface area contributed by atoms with Gasteiger partial charge in [-0.25, -0.2) is 4.39 Å². The van der Waals surface area contributed by atoms with Crippen LogP contribution in [0.1, 0.15) is 32.3 Å². The van der Waals surface area contributed by atoms with Crippen LogP contribution in [0.4, 0.5) is 10.1 Å². The van der Waals surface area contributed by atoms with Gasteiger partial charge in [0.2, 0.25) is 0 Å². The van der Waals surface area contributed by atoms with Crippen molar-refractivity contribution in [2.45, 2.75) is 26.7 Å². The number of hydrogen-bond acceptors (Lipinski definition) is 2. The second-order valence-electron chi connectivity index (χ2n) is 4.27. The Bertz CT molecular complexity index is 380. The second kappa shape index (κ2) is 6.12. The lowest BCUT2D eigenvalue weighted by Crippen LogP contribution is -2.03. The van der Waals surface area contributed by atoms with Crippen LogP contribution in [0.5, 0.6) is 0 Å². The fraction of sp³-hybridized carbons (Fsp3) is 0.462. The Balaban J connectivity index is 2.46. The van der Waals surface area contributed by atoms with Gasteiger partial charge < -0.3 is 5.32 Å². The Morgan fingerprint density at radius 2 is 2.19 bits per heavy atom. The quantitative estimate of drug-likeness (QED) is 0.770. The predicted molar refractivity (Wildman–Crippen MR) is 63.7 cm³/mol. The van der Waals surface area contributed by atoms with Gasteiger partial charge >= 0.3 is 0 Å². The van der Waals surface area contributed by atoms with E-state index in [0.717, 1.165) is 18.7 Å². The van der Waals surface area contributed by atoms with Gasteiger partial charge in [0.05, 0.1) is 5.56 Å². The molecular weight excluding hydrogens is 203 g/mol. The highest BCUT2D eigenvalue weighted by Crippen LogP contribution is 2.14. The van der Waals surface area contributed by atoms with Crippen molar-refractivity contribution in [1.82, 2.24) is 0 Å². The summed E-state index contributed by atoms with van der Waals surface area (Å²) in [6.45, 7) is 5.23. The predicted octanol–water partition coefficient (Wildman–Crippen LogP) is 3.55. The van der Waals surface area contributed by atoms with Crippen LogP contribution in [0.25, 0.3) is 0 Å². The highest BCUT2D eigenvalue weighted by atomic mass is 19.1. The van der Waals surface area contributed by atoms with Crippen LogP contribution in [-0.2, 0) is 0 Å². The van der Waals surface area contributed by atoms with E-state index >= 15 is 0 Å². The molecule has 1 rings (SSSR count). The molecule has 16 heavy (non-hydrogen) atoms. The van der Waals surface area contributed by atoms with Crippen molar-refractivity contribution in [2.75, 3.05) is 11.9 Å². The van der Waals surface area contributed by atoms with Crippen molar-refractivity contribution in [2.24, 2.45) is 5.92 Å². The van der Waals surface area contributed by atoms with Crippen LogP contribution < -0.4 is 5.32 Å². The highest BCUT2D eigenvalue weighted by molar-refractivity contribution is 5.49. The van der Waals surface area contributed by atoms with Crippen molar-refractivity contribution < 1.29 is 4.39 Å². The van der Waals surface area contributed by atoms with E-state index in [2.05, 4.69) is 19.2 Å². The lowest BCUT2D eigenvalue weighted by molar-refractivity contribution is 0.567. The minimum atomic E-state index is -0.463. The third-order valence-corrected chi connectivity index (χ3v) is 2.37. The van der Waals surface area contributed by atoms with Crippen LogP contribution in [-0.4, -0.2) is 6.54 Å². The number of nitrogens with zero attached hydrogens (tertiary/aromatic N) is 1. The Kier molecular flexibility index (Phi) is 4.78. The summed E-state index contributed by atoms with van der Waals surface area (Å²) in [4.78, 5) is 0. The summed E-state index contributed by atoms with van der Waals surface area (Å²) in [5, 5.41) is 11.9. The number of benzene rings is 1. The molecule has 0 unspecified atom stereocenters. The number of hydrogen-bond donors (Lipinski definition) is 1. The molecule has 0 bridgehead atoms. The number of anilines is 1. The molecule has 0 atom stereocenters. The third kappa shape index (κ3) is 3.90. The fourth-order valence-electron chi connectivity index (χ4n) is 1.46. The molecule has 0 fully saturated rings. The van der Waals surface area contributed by atoms with Gasteiger partial charge in [0.25, 0.3) is 0 Å². The topological polar surface area (TPSA) is 35.8 Å². The molecule has 1 aromatic rings. The van der Waals surface area contributed by atoms with E-state index in [-0.39, 0.29) is 5.56 Å². The molecule has 0 aromatic heterocycles. The maximum Gasteiger partial charge on any atom is 0.141 e. The first-order chi connectivity index (χ1) is 7.63. The first-order valence-corrected chi connectivity index (χ1v) is 5.57. The van der Waals surface area contributed by atoms with E-state index in [9.17, 15) is 4.39 Å². The minimum Gasteiger partial charge on any atom is -0.385 e. The van der Waals surface area contributed by atoms with Crippen LogP contribution in [0.2, 0.25) is 0 Å². The first-order valence-electron chi connectivity index (χ1n) is 5.57. The number of rotatable bonds is 5. The van der Waals surface area contributed by atoms with Gasteiger partial charge in [-0.3, -0.25) is 0 Å². The van der Waals surface area contributed by atoms with Crippen molar-refractivity contribution in [3.63, 3.8) is 0 Å². The van der Waals surface area contributed by atoms with E-state index < -0.39 is 5.82 Å². The van der Waals surface area contributed by atoms with Gasteiger partial charge in [-0.1, -0.05) is 13.8 Å². The Morgan fingerprint density at radius 1 is 1.44 bits per heavy atom. The standard InChI is InChI=1S/C13H17FN2/c1-10(2)4-3-7-16-12-5-6-13(14)11(8-12)9-15/h5-6,8,10,16H,3-4,7H2,1-2H3. The average molecular weight is 220 g/mol. The molecule has 0 saturated carbocycles. The van der Waals surface area contributed by atoms with Crippen LogP contribution >= 0.6 is 0 Å². The van der Waals surface area contributed by atoms with Crippen LogP contribution in [0.15, 0.2) is 18.2 Å². The molecule has 1 N–H and O–H groups in total. The molecule has 0 amide bonds. The molecule has 86 valence electrons. The zero-order chi connectivity index (χ0) is 12.0. The zero-order valence-electron chi connectivity index (χ0n) is 9.76. The summed E-state index contributed by atoms with van der Waals surface area (Å²) in [5.41, 5.74) is 0.899. The summed E-state index contributed by atoms with van der Waals surface area (Å²) in [6.07, 6.45) is 2.25. The van der Waals surface area contributed by atoms with Crippen LogP contribution in [0.3, 0.4) is 0 Å². The van der Waals surface area contributed by atoms with Gasteiger partial charge in [0.1, 0.15) is 11.9 Å². The summed E-state index contributed by atoms with van der Waals surface area (Å²) >= 11 is 0. The molecule has 0 heterocycles. The minimum absolute atomic E-state index is 0.0915. The molecule has 0 aliphatic rings. The van der Waals surface area contributed by atoms with Gasteiger partial charge in [-0.15, -0.1) is 0 Å². The van der Waals surface area contributed by atoms with E-state index in [0.29, 0.717) is 5.92 Å². The van der Waals surface area contributed by atoms with Crippen molar-refractivity contribution in [3.8, 4) is 6.07 Å². The highest BCUT2D eigenvalue weighted by Gasteiger charge is 2.02. The Labute approximate surface area is 96.1 Å². The molecule has 0 spiro atoms. The molecule has 0 saturated heterocycles. The largest absolute Gasteiger partial charge is 0.385 e. The maximum atomic E-state index is 13.0. The lowest BCUT2D eigenvalue weighted by atomic mass is 10.1. The Morgan fingerprint density at radius 3 is 2.81 bits per heavy atom. The normalized spacial score (nSPS) is 10.2. The molecule has 1 aromatic carbocycles. The third-order valence-electron chi connectivity index (χ3n) is 2.37. The SMILES string of the molecule is CC(C)CCCNc1ccc(F)c(C#N)c1. The van der Waals surface area contributed by atoms with Crippen molar-refractivity contribution >= 4 is 5.69 Å². The molecular formula is C13H17FN2. The van der Waals surface area contributed by atoms with Gasteiger partial charge in [0, 0.05) is 12.2 Å². The first kappa shape index (κ1) is 12.5. The zero-order valence-corrected chi connectivity index (χ0v) is 9.76. The fourth-order valence-corrected chi connectivity index (χ4v) is 1.46.